The molecule has 1 rings (SSSR count). The number of hydrogen-bond donors (Lipinski definition) is 2. The molecule has 16 heavy (non-hydrogen) atoms. The van der Waals surface area contributed by atoms with Gasteiger partial charge in [-0.1, -0.05) is 11.6 Å². The average Bonchev–Trinajstić information content (AvgIpc) is 2.25. The monoisotopic (exact) mass is 304 g/mol. The molecule has 0 fully saturated rings. The van der Waals surface area contributed by atoms with E-state index in [4.69, 9.17) is 11.6 Å². The second-order valence-electron chi connectivity index (χ2n) is 3.43. The number of aryl methyl sites for hydroxylation is 1. The minimum Gasteiger partial charge on any atom is -0.384 e. The van der Waals surface area contributed by atoms with Crippen molar-refractivity contribution in [3.63, 3.8) is 0 Å². The Morgan fingerprint density at radius 1 is 1.50 bits per heavy atom. The normalized spacial score (nSPS) is 10.0. The predicted octanol–water partition coefficient (Wildman–Crippen LogP) is 2.96. The van der Waals surface area contributed by atoms with Gasteiger partial charge in [0.05, 0.1) is 0 Å². The van der Waals surface area contributed by atoms with E-state index in [1.165, 1.54) is 0 Å². The van der Waals surface area contributed by atoms with Crippen LogP contribution in [0.2, 0.25) is 5.02 Å². The maximum atomic E-state index is 11.0. The Morgan fingerprint density at radius 3 is 2.81 bits per heavy atom. The van der Waals surface area contributed by atoms with Gasteiger partial charge in [-0.25, -0.2) is 0 Å². The first-order chi connectivity index (χ1) is 7.54. The van der Waals surface area contributed by atoms with Crippen LogP contribution < -0.4 is 10.6 Å². The average molecular weight is 306 g/mol. The van der Waals surface area contributed by atoms with E-state index < -0.39 is 0 Å². The molecule has 2 N–H and O–H groups in total. The molecule has 1 aromatic rings. The molecule has 0 spiro atoms. The molecule has 1 amide bonds. The Bertz CT molecular complexity index is 396. The number of carbonyl (C=O) groups is 1. The maximum Gasteiger partial charge on any atom is 0.221 e. The van der Waals surface area contributed by atoms with Crippen molar-refractivity contribution < 1.29 is 4.79 Å². The van der Waals surface area contributed by atoms with Gasteiger partial charge in [-0.15, -0.1) is 0 Å². The van der Waals surface area contributed by atoms with Crippen LogP contribution in [0.1, 0.15) is 12.0 Å². The van der Waals surface area contributed by atoms with Crippen LogP contribution in [0.3, 0.4) is 0 Å². The lowest BCUT2D eigenvalue weighted by Crippen LogP contribution is -2.20. The van der Waals surface area contributed by atoms with Gasteiger partial charge in [0.1, 0.15) is 0 Å². The van der Waals surface area contributed by atoms with Gasteiger partial charge >= 0.3 is 0 Å². The Kier molecular flexibility index (Phi) is 5.09. The van der Waals surface area contributed by atoms with Crippen LogP contribution in [0.5, 0.6) is 0 Å². The quantitative estimate of drug-likeness (QED) is 0.898. The molecule has 5 heteroatoms. The molecule has 0 unspecified atom stereocenters. The third-order valence-electron chi connectivity index (χ3n) is 2.19. The summed E-state index contributed by atoms with van der Waals surface area (Å²) in [5.74, 6) is 0.0156. The minimum absolute atomic E-state index is 0.0156. The van der Waals surface area contributed by atoms with Gasteiger partial charge in [-0.05, 0) is 40.5 Å². The van der Waals surface area contributed by atoms with Crippen molar-refractivity contribution in [2.75, 3.05) is 18.9 Å². The SMILES string of the molecule is CNC(=O)CCNc1cc(Cl)c(C)cc1Br. The van der Waals surface area contributed by atoms with E-state index in [2.05, 4.69) is 26.6 Å². The molecule has 3 nitrogen and oxygen atoms in total. The summed E-state index contributed by atoms with van der Waals surface area (Å²) in [5, 5.41) is 6.44. The predicted molar refractivity (Wildman–Crippen MR) is 71.1 cm³/mol. The molecule has 1 aromatic carbocycles. The molecule has 88 valence electrons. The summed E-state index contributed by atoms with van der Waals surface area (Å²) in [6.45, 7) is 2.53. The Labute approximate surface area is 109 Å². The smallest absolute Gasteiger partial charge is 0.221 e. The fourth-order valence-electron chi connectivity index (χ4n) is 1.22. The summed E-state index contributed by atoms with van der Waals surface area (Å²) in [7, 11) is 1.63. The summed E-state index contributed by atoms with van der Waals surface area (Å²) in [6, 6.07) is 3.80. The van der Waals surface area contributed by atoms with Crippen LogP contribution in [0, 0.1) is 6.92 Å². The van der Waals surface area contributed by atoms with E-state index in [9.17, 15) is 4.79 Å². The number of halogens is 2. The third-order valence-corrected chi connectivity index (χ3v) is 3.26. The molecular weight excluding hydrogens is 291 g/mol. The Hall–Kier alpha value is -0.740. The zero-order valence-corrected chi connectivity index (χ0v) is 11.6. The first-order valence-electron chi connectivity index (χ1n) is 4.94. The van der Waals surface area contributed by atoms with Gasteiger partial charge < -0.3 is 10.6 Å². The lowest BCUT2D eigenvalue weighted by molar-refractivity contribution is -0.120. The molecule has 0 aliphatic heterocycles. The van der Waals surface area contributed by atoms with Crippen molar-refractivity contribution in [2.24, 2.45) is 0 Å². The molecule has 0 aliphatic rings. The van der Waals surface area contributed by atoms with Gasteiger partial charge in [0.2, 0.25) is 5.91 Å². The van der Waals surface area contributed by atoms with Crippen molar-refractivity contribution in [3.8, 4) is 0 Å². The lowest BCUT2D eigenvalue weighted by atomic mass is 10.2. The third kappa shape index (κ3) is 3.68. The molecule has 0 saturated heterocycles. The zero-order valence-electron chi connectivity index (χ0n) is 9.23. The Balaban J connectivity index is 2.60. The first-order valence-corrected chi connectivity index (χ1v) is 6.11. The lowest BCUT2D eigenvalue weighted by Gasteiger charge is -2.10. The van der Waals surface area contributed by atoms with Gasteiger partial charge in [-0.3, -0.25) is 4.79 Å². The van der Waals surface area contributed by atoms with Crippen molar-refractivity contribution in [3.05, 3.63) is 27.2 Å². The molecular formula is C11H14BrClN2O. The molecule has 0 aromatic heterocycles. The van der Waals surface area contributed by atoms with Crippen LogP contribution in [0.4, 0.5) is 5.69 Å². The second kappa shape index (κ2) is 6.11. The highest BCUT2D eigenvalue weighted by Gasteiger charge is 2.04. The number of nitrogens with one attached hydrogen (secondary N) is 2. The van der Waals surface area contributed by atoms with Crippen molar-refractivity contribution in [2.45, 2.75) is 13.3 Å². The van der Waals surface area contributed by atoms with Crippen molar-refractivity contribution in [1.29, 1.82) is 0 Å². The van der Waals surface area contributed by atoms with Crippen LogP contribution in [0.15, 0.2) is 16.6 Å². The van der Waals surface area contributed by atoms with E-state index in [0.29, 0.717) is 18.0 Å². The summed E-state index contributed by atoms with van der Waals surface area (Å²) in [4.78, 5) is 11.0. The van der Waals surface area contributed by atoms with Crippen molar-refractivity contribution in [1.82, 2.24) is 5.32 Å². The molecule has 0 atom stereocenters. The number of carbonyl (C=O) groups excluding carboxylic acids is 1. The molecule has 0 bridgehead atoms. The molecule has 0 heterocycles. The zero-order chi connectivity index (χ0) is 12.1. The van der Waals surface area contributed by atoms with E-state index >= 15 is 0 Å². The number of amides is 1. The summed E-state index contributed by atoms with van der Waals surface area (Å²) in [5.41, 5.74) is 1.92. The van der Waals surface area contributed by atoms with Gasteiger partial charge in [0, 0.05) is 35.2 Å². The van der Waals surface area contributed by atoms with E-state index in [1.807, 2.05) is 19.1 Å². The first kappa shape index (κ1) is 13.3. The highest BCUT2D eigenvalue weighted by molar-refractivity contribution is 9.10. The van der Waals surface area contributed by atoms with E-state index in [1.54, 1.807) is 7.05 Å². The van der Waals surface area contributed by atoms with E-state index in [-0.39, 0.29) is 5.91 Å². The van der Waals surface area contributed by atoms with Gasteiger partial charge in [0.25, 0.3) is 0 Å². The van der Waals surface area contributed by atoms with Crippen LogP contribution in [0.25, 0.3) is 0 Å². The highest BCUT2D eigenvalue weighted by atomic mass is 79.9. The Morgan fingerprint density at radius 2 is 2.19 bits per heavy atom. The van der Waals surface area contributed by atoms with E-state index in [0.717, 1.165) is 15.7 Å². The molecule has 0 radical (unpaired) electrons. The van der Waals surface area contributed by atoms with Gasteiger partial charge in [-0.2, -0.15) is 0 Å². The summed E-state index contributed by atoms with van der Waals surface area (Å²) in [6.07, 6.45) is 0.439. The largest absolute Gasteiger partial charge is 0.384 e. The standard InChI is InChI=1S/C11H14BrClN2O/c1-7-5-8(12)10(6-9(7)13)15-4-3-11(16)14-2/h5-6,15H,3-4H2,1-2H3,(H,14,16). The minimum atomic E-state index is 0.0156. The molecule has 0 aliphatic carbocycles. The number of anilines is 1. The summed E-state index contributed by atoms with van der Waals surface area (Å²) >= 11 is 9.46. The molecule has 0 saturated carbocycles. The van der Waals surface area contributed by atoms with Crippen LogP contribution >= 0.6 is 27.5 Å². The number of rotatable bonds is 4. The van der Waals surface area contributed by atoms with Gasteiger partial charge in [0.15, 0.2) is 0 Å². The topological polar surface area (TPSA) is 41.1 Å². The fraction of sp³-hybridized carbons (Fsp3) is 0.364. The number of benzene rings is 1. The fourth-order valence-corrected chi connectivity index (χ4v) is 1.98. The maximum absolute atomic E-state index is 11.0. The second-order valence-corrected chi connectivity index (χ2v) is 4.69. The van der Waals surface area contributed by atoms with Crippen LogP contribution in [-0.2, 0) is 4.79 Å². The van der Waals surface area contributed by atoms with Crippen molar-refractivity contribution >= 4 is 39.1 Å². The van der Waals surface area contributed by atoms with Crippen LogP contribution in [-0.4, -0.2) is 19.5 Å². The summed E-state index contributed by atoms with van der Waals surface area (Å²) < 4.78 is 0.950. The highest BCUT2D eigenvalue weighted by Crippen LogP contribution is 2.28. The number of hydrogen-bond acceptors (Lipinski definition) is 2.